The van der Waals surface area contributed by atoms with E-state index in [-0.39, 0.29) is 5.91 Å². The van der Waals surface area contributed by atoms with Crippen LogP contribution in [0.25, 0.3) is 10.9 Å². The lowest BCUT2D eigenvalue weighted by molar-refractivity contribution is 0.0925. The van der Waals surface area contributed by atoms with Crippen molar-refractivity contribution < 1.29 is 4.79 Å². The molecule has 0 saturated heterocycles. The third-order valence-electron chi connectivity index (χ3n) is 4.51. The van der Waals surface area contributed by atoms with Crippen molar-refractivity contribution in [2.75, 3.05) is 0 Å². The van der Waals surface area contributed by atoms with E-state index >= 15 is 0 Å². The van der Waals surface area contributed by atoms with Gasteiger partial charge in [0.2, 0.25) is 0 Å². The zero-order valence-corrected chi connectivity index (χ0v) is 12.4. The number of rotatable bonds is 2. The van der Waals surface area contributed by atoms with Crippen LogP contribution in [0, 0.1) is 19.8 Å². The molecule has 0 aliphatic heterocycles. The van der Waals surface area contributed by atoms with Gasteiger partial charge in [-0.2, -0.15) is 0 Å². The third kappa shape index (κ3) is 2.33. The van der Waals surface area contributed by atoms with E-state index in [9.17, 15) is 4.79 Å². The van der Waals surface area contributed by atoms with Gasteiger partial charge in [0.15, 0.2) is 0 Å². The third-order valence-corrected chi connectivity index (χ3v) is 4.51. The summed E-state index contributed by atoms with van der Waals surface area (Å²) in [6.45, 7) is 6.38. The number of H-pyrrole nitrogens is 1. The Morgan fingerprint density at radius 1 is 1.25 bits per heavy atom. The quantitative estimate of drug-likeness (QED) is 0.858. The predicted molar refractivity (Wildman–Crippen MR) is 82.0 cm³/mol. The fraction of sp³-hybridized carbons (Fsp3) is 0.471. The molecule has 1 heterocycles. The first-order valence-corrected chi connectivity index (χ1v) is 7.45. The van der Waals surface area contributed by atoms with Gasteiger partial charge in [-0.25, -0.2) is 0 Å². The molecule has 2 aromatic rings. The maximum Gasteiger partial charge on any atom is 0.267 e. The van der Waals surface area contributed by atoms with Crippen molar-refractivity contribution in [3.63, 3.8) is 0 Å². The van der Waals surface area contributed by atoms with Crippen molar-refractivity contribution in [1.29, 1.82) is 0 Å². The molecule has 2 N–H and O–H groups in total. The van der Waals surface area contributed by atoms with Crippen molar-refractivity contribution in [2.24, 2.45) is 5.92 Å². The Hall–Kier alpha value is -1.77. The predicted octanol–water partition coefficient (Wildman–Crippen LogP) is 3.70. The molecule has 1 saturated carbocycles. The molecule has 2 atom stereocenters. The maximum absolute atomic E-state index is 12.4. The van der Waals surface area contributed by atoms with Crippen LogP contribution >= 0.6 is 0 Å². The molecule has 3 nitrogen and oxygen atoms in total. The van der Waals surface area contributed by atoms with Crippen LogP contribution in [0.1, 0.15) is 47.8 Å². The molecular weight excluding hydrogens is 248 g/mol. The van der Waals surface area contributed by atoms with E-state index in [2.05, 4.69) is 43.2 Å². The lowest BCUT2D eigenvalue weighted by Crippen LogP contribution is -2.36. The Kier molecular flexibility index (Phi) is 3.28. The average Bonchev–Trinajstić information content (AvgIpc) is 2.96. The Bertz CT molecular complexity index is 656. The number of carbonyl (C=O) groups is 1. The minimum Gasteiger partial charge on any atom is -0.351 e. The molecule has 1 aliphatic carbocycles. The summed E-state index contributed by atoms with van der Waals surface area (Å²) in [7, 11) is 0. The number of aromatic amines is 1. The van der Waals surface area contributed by atoms with Crippen LogP contribution in [-0.4, -0.2) is 16.9 Å². The molecule has 1 amide bonds. The standard InChI is InChI=1S/C17H22N2O/c1-10-7-12(3)13-9-16(18-15(13)8-10)17(20)19-14-6-4-5-11(14)2/h7-9,11,14,18H,4-6H2,1-3H3,(H,19,20)/t11-,14+/m0/s1. The summed E-state index contributed by atoms with van der Waals surface area (Å²) in [5, 5.41) is 4.31. The van der Waals surface area contributed by atoms with Gasteiger partial charge in [0.25, 0.3) is 5.91 Å². The topological polar surface area (TPSA) is 44.9 Å². The number of carbonyl (C=O) groups excluding carboxylic acids is 1. The molecule has 0 unspecified atom stereocenters. The molecule has 3 rings (SSSR count). The van der Waals surface area contributed by atoms with Gasteiger partial charge in [0.05, 0.1) is 0 Å². The summed E-state index contributed by atoms with van der Waals surface area (Å²) in [5.74, 6) is 0.615. The average molecular weight is 270 g/mol. The van der Waals surface area contributed by atoms with Crippen molar-refractivity contribution in [1.82, 2.24) is 10.3 Å². The smallest absolute Gasteiger partial charge is 0.267 e. The molecule has 3 heteroatoms. The molecule has 1 aromatic heterocycles. The monoisotopic (exact) mass is 270 g/mol. The maximum atomic E-state index is 12.4. The number of nitrogens with one attached hydrogen (secondary N) is 2. The Labute approximate surface area is 119 Å². The van der Waals surface area contributed by atoms with Crippen LogP contribution in [0.5, 0.6) is 0 Å². The lowest BCUT2D eigenvalue weighted by Gasteiger charge is -2.16. The van der Waals surface area contributed by atoms with Crippen molar-refractivity contribution >= 4 is 16.8 Å². The van der Waals surface area contributed by atoms with Crippen LogP contribution in [0.2, 0.25) is 0 Å². The summed E-state index contributed by atoms with van der Waals surface area (Å²) >= 11 is 0. The zero-order chi connectivity index (χ0) is 14.3. The van der Waals surface area contributed by atoms with Crippen molar-refractivity contribution in [3.05, 3.63) is 35.0 Å². The second kappa shape index (κ2) is 4.97. The van der Waals surface area contributed by atoms with E-state index in [1.165, 1.54) is 24.0 Å². The van der Waals surface area contributed by atoms with Gasteiger partial charge in [0, 0.05) is 16.9 Å². The highest BCUT2D eigenvalue weighted by atomic mass is 16.1. The highest BCUT2D eigenvalue weighted by Gasteiger charge is 2.25. The SMILES string of the molecule is Cc1cc(C)c2cc(C(=O)N[C@@H]3CCC[C@@H]3C)[nH]c2c1. The van der Waals surface area contributed by atoms with Gasteiger partial charge in [-0.3, -0.25) is 4.79 Å². The van der Waals surface area contributed by atoms with E-state index in [1.54, 1.807) is 0 Å². The number of aryl methyl sites for hydroxylation is 2. The molecule has 0 radical (unpaired) electrons. The fourth-order valence-corrected chi connectivity index (χ4v) is 3.33. The molecule has 0 bridgehead atoms. The van der Waals surface area contributed by atoms with Crippen LogP contribution < -0.4 is 5.32 Å². The zero-order valence-electron chi connectivity index (χ0n) is 12.4. The van der Waals surface area contributed by atoms with Crippen LogP contribution in [-0.2, 0) is 0 Å². The molecule has 20 heavy (non-hydrogen) atoms. The number of amides is 1. The van der Waals surface area contributed by atoms with E-state index in [0.717, 1.165) is 17.3 Å². The van der Waals surface area contributed by atoms with E-state index < -0.39 is 0 Å². The van der Waals surface area contributed by atoms with Gasteiger partial charge in [-0.05, 0) is 55.9 Å². The summed E-state index contributed by atoms with van der Waals surface area (Å²) in [6, 6.07) is 6.55. The Morgan fingerprint density at radius 2 is 2.05 bits per heavy atom. The van der Waals surface area contributed by atoms with E-state index in [1.807, 2.05) is 6.07 Å². The van der Waals surface area contributed by atoms with Gasteiger partial charge < -0.3 is 10.3 Å². The van der Waals surface area contributed by atoms with Crippen molar-refractivity contribution in [2.45, 2.75) is 46.1 Å². The first kappa shape index (κ1) is 13.2. The number of aromatic nitrogens is 1. The van der Waals surface area contributed by atoms with Crippen LogP contribution in [0.15, 0.2) is 18.2 Å². The first-order valence-electron chi connectivity index (χ1n) is 7.45. The minimum absolute atomic E-state index is 0.0250. The molecule has 1 fully saturated rings. The van der Waals surface area contributed by atoms with Crippen LogP contribution in [0.3, 0.4) is 0 Å². The number of fused-ring (bicyclic) bond motifs is 1. The number of benzene rings is 1. The summed E-state index contributed by atoms with van der Waals surface area (Å²) in [6.07, 6.45) is 3.54. The Balaban J connectivity index is 1.86. The lowest BCUT2D eigenvalue weighted by atomic mass is 10.1. The van der Waals surface area contributed by atoms with Crippen LogP contribution in [0.4, 0.5) is 0 Å². The van der Waals surface area contributed by atoms with Gasteiger partial charge in [-0.1, -0.05) is 19.4 Å². The first-order chi connectivity index (χ1) is 9.54. The molecule has 0 spiro atoms. The van der Waals surface area contributed by atoms with E-state index in [4.69, 9.17) is 0 Å². The second-order valence-electron chi connectivity index (χ2n) is 6.21. The number of hydrogen-bond donors (Lipinski definition) is 2. The molecule has 106 valence electrons. The highest BCUT2D eigenvalue weighted by molar-refractivity contribution is 5.99. The molecular formula is C17H22N2O. The largest absolute Gasteiger partial charge is 0.351 e. The van der Waals surface area contributed by atoms with Gasteiger partial charge in [0.1, 0.15) is 5.69 Å². The van der Waals surface area contributed by atoms with Gasteiger partial charge in [-0.15, -0.1) is 0 Å². The summed E-state index contributed by atoms with van der Waals surface area (Å²) < 4.78 is 0. The van der Waals surface area contributed by atoms with Gasteiger partial charge >= 0.3 is 0 Å². The summed E-state index contributed by atoms with van der Waals surface area (Å²) in [5.41, 5.74) is 4.15. The minimum atomic E-state index is 0.0250. The van der Waals surface area contributed by atoms with E-state index in [0.29, 0.717) is 17.7 Å². The fourth-order valence-electron chi connectivity index (χ4n) is 3.33. The highest BCUT2D eigenvalue weighted by Crippen LogP contribution is 2.26. The molecule has 1 aromatic carbocycles. The second-order valence-corrected chi connectivity index (χ2v) is 6.21. The normalized spacial score (nSPS) is 22.4. The van der Waals surface area contributed by atoms with Crippen molar-refractivity contribution in [3.8, 4) is 0 Å². The molecule has 1 aliphatic rings. The Morgan fingerprint density at radius 3 is 2.75 bits per heavy atom. The summed E-state index contributed by atoms with van der Waals surface area (Å²) in [4.78, 5) is 15.6. The number of hydrogen-bond acceptors (Lipinski definition) is 1.